The minimum absolute atomic E-state index is 0. The van der Waals surface area contributed by atoms with Crippen molar-refractivity contribution < 1.29 is 0 Å². The summed E-state index contributed by atoms with van der Waals surface area (Å²) in [7, 11) is 0. The van der Waals surface area contributed by atoms with E-state index in [1.54, 1.807) is 0 Å². The zero-order valence-corrected chi connectivity index (χ0v) is 8.61. The van der Waals surface area contributed by atoms with Gasteiger partial charge in [-0.15, -0.1) is 17.4 Å². The Hall–Kier alpha value is 1.40. The molecule has 27 valence electrons. The molecular formula is C3H9AlIn. The van der Waals surface area contributed by atoms with E-state index < -0.39 is 0 Å². The van der Waals surface area contributed by atoms with Crippen LogP contribution in [0.15, 0.2) is 0 Å². The number of hydrogen-bond donors (Lipinski definition) is 0. The van der Waals surface area contributed by atoms with E-state index >= 15 is 0 Å². The summed E-state index contributed by atoms with van der Waals surface area (Å²) in [5.41, 5.74) is 0. The monoisotopic (exact) mass is 187 g/mol. The van der Waals surface area contributed by atoms with Gasteiger partial charge in [-0.25, -0.2) is 0 Å². The topological polar surface area (TPSA) is 0 Å². The van der Waals surface area contributed by atoms with Crippen molar-refractivity contribution in [2.45, 2.75) is 17.4 Å². The third kappa shape index (κ3) is 31.8. The second kappa shape index (κ2) is 5.40. The summed E-state index contributed by atoms with van der Waals surface area (Å²) in [5, 5.41) is 0. The zero-order valence-electron chi connectivity index (χ0n) is 4.15. The van der Waals surface area contributed by atoms with E-state index in [1.807, 2.05) is 0 Å². The predicted octanol–water partition coefficient (Wildman–Crippen LogP) is 0.990. The van der Waals surface area contributed by atoms with Gasteiger partial charge in [0.2, 0.25) is 0 Å². The van der Waals surface area contributed by atoms with Crippen LogP contribution in [-0.2, 0) is 0 Å². The van der Waals surface area contributed by atoms with Gasteiger partial charge in [0, 0.05) is 25.8 Å². The third-order valence-corrected chi connectivity index (χ3v) is 0. The van der Waals surface area contributed by atoms with Crippen molar-refractivity contribution in [1.82, 2.24) is 0 Å². The van der Waals surface area contributed by atoms with E-state index in [0.29, 0.717) is 0 Å². The molecule has 0 aliphatic heterocycles. The molecule has 2 heteroatoms. The van der Waals surface area contributed by atoms with Crippen LogP contribution < -0.4 is 0 Å². The van der Waals surface area contributed by atoms with E-state index in [1.165, 1.54) is 0 Å². The molecule has 0 nitrogen and oxygen atoms in total. The van der Waals surface area contributed by atoms with Crippen LogP contribution in [0.4, 0.5) is 0 Å². The van der Waals surface area contributed by atoms with Crippen molar-refractivity contribution in [3.63, 3.8) is 0 Å². The second-order valence-electron chi connectivity index (χ2n) is 1.73. The first-order chi connectivity index (χ1) is 1.73. The summed E-state index contributed by atoms with van der Waals surface area (Å²) < 4.78 is 0. The maximum absolute atomic E-state index is 2.31. The third-order valence-electron chi connectivity index (χ3n) is 0. The Morgan fingerprint density at radius 3 is 1.00 bits per heavy atom. The van der Waals surface area contributed by atoms with Crippen molar-refractivity contribution in [2.75, 3.05) is 0 Å². The maximum Gasteiger partial charge on any atom is 0.251 e. The van der Waals surface area contributed by atoms with Gasteiger partial charge in [-0.3, -0.25) is 0 Å². The van der Waals surface area contributed by atoms with Gasteiger partial charge in [0.1, 0.15) is 0 Å². The Labute approximate surface area is 57.1 Å². The average molecular weight is 187 g/mol. The maximum atomic E-state index is 2.31. The Morgan fingerprint density at radius 2 is 1.00 bits per heavy atom. The van der Waals surface area contributed by atoms with E-state index in [0.717, 1.165) is 0 Å². The molecule has 0 amide bonds. The molecule has 0 aliphatic rings. The van der Waals surface area contributed by atoms with Crippen LogP contribution in [0.2, 0.25) is 17.4 Å². The number of hydrogen-bond acceptors (Lipinski definition) is 0. The minimum Gasteiger partial charge on any atom is -0.106 e. The first-order valence-electron chi connectivity index (χ1n) is 1.73. The van der Waals surface area contributed by atoms with Gasteiger partial charge in [0.15, 0.2) is 0 Å². The molecule has 0 N–H and O–H groups in total. The molecule has 0 aromatic carbocycles. The van der Waals surface area contributed by atoms with Crippen LogP contribution in [0.5, 0.6) is 0 Å². The summed E-state index contributed by atoms with van der Waals surface area (Å²) in [6.07, 6.45) is 0. The van der Waals surface area contributed by atoms with E-state index in [2.05, 4.69) is 17.4 Å². The van der Waals surface area contributed by atoms with Gasteiger partial charge in [0.25, 0.3) is 14.1 Å². The number of rotatable bonds is 0. The quantitative estimate of drug-likeness (QED) is 0.496. The van der Waals surface area contributed by atoms with Crippen LogP contribution in [0, 0.1) is 0 Å². The largest absolute Gasteiger partial charge is 0.251 e. The fourth-order valence-electron chi connectivity index (χ4n) is 0. The normalized spacial score (nSPS) is 5.40. The van der Waals surface area contributed by atoms with Gasteiger partial charge in [0.05, 0.1) is 0 Å². The smallest absolute Gasteiger partial charge is 0.106 e. The van der Waals surface area contributed by atoms with Crippen LogP contribution in [0.3, 0.4) is 0 Å². The molecule has 0 saturated carbocycles. The van der Waals surface area contributed by atoms with Gasteiger partial charge in [-0.2, -0.15) is 0 Å². The molecule has 0 fully saturated rings. The molecule has 5 heavy (non-hydrogen) atoms. The van der Waals surface area contributed by atoms with Crippen molar-refractivity contribution in [2.24, 2.45) is 0 Å². The second-order valence-corrected chi connectivity index (χ2v) is 5.20. The minimum atomic E-state index is -0.139. The van der Waals surface area contributed by atoms with Gasteiger partial charge < -0.3 is 0 Å². The van der Waals surface area contributed by atoms with Crippen LogP contribution >= 0.6 is 0 Å². The molecule has 0 spiro atoms. The summed E-state index contributed by atoms with van der Waals surface area (Å²) in [4.78, 5) is 0. The van der Waals surface area contributed by atoms with Crippen molar-refractivity contribution in [3.8, 4) is 0 Å². The predicted molar refractivity (Wildman–Crippen MR) is 29.1 cm³/mol. The summed E-state index contributed by atoms with van der Waals surface area (Å²) in [6.45, 7) is 0. The van der Waals surface area contributed by atoms with Crippen molar-refractivity contribution in [1.29, 1.82) is 0 Å². The molecule has 0 saturated heterocycles. The SMILES string of the molecule is [CH3][Al]([CH3])[CH3].[In]. The van der Waals surface area contributed by atoms with Gasteiger partial charge in [-0.1, -0.05) is 0 Å². The molecule has 0 bridgehead atoms. The first-order valence-corrected chi connectivity index (χ1v) is 5.20. The Bertz CT molecular complexity index is 11.6. The fourth-order valence-corrected chi connectivity index (χ4v) is 0. The molecule has 0 aliphatic carbocycles. The Morgan fingerprint density at radius 1 is 1.00 bits per heavy atom. The summed E-state index contributed by atoms with van der Waals surface area (Å²) in [6, 6.07) is 0. The molecule has 0 aromatic rings. The van der Waals surface area contributed by atoms with Crippen molar-refractivity contribution >= 4 is 40.0 Å². The Balaban J connectivity index is 0. The summed E-state index contributed by atoms with van der Waals surface area (Å²) >= 11 is -0.139. The van der Waals surface area contributed by atoms with Gasteiger partial charge in [-0.05, 0) is 0 Å². The van der Waals surface area contributed by atoms with E-state index in [4.69, 9.17) is 0 Å². The summed E-state index contributed by atoms with van der Waals surface area (Å²) in [5.74, 6) is 6.92. The standard InChI is InChI=1S/3CH3.Al.In/h3*1H3;;. The molecule has 0 atom stereocenters. The van der Waals surface area contributed by atoms with Crippen LogP contribution in [0.1, 0.15) is 0 Å². The Kier molecular flexibility index (Phi) is 10.4. The van der Waals surface area contributed by atoms with Crippen LogP contribution in [-0.4, -0.2) is 40.0 Å². The zero-order chi connectivity index (χ0) is 3.58. The molecule has 0 aromatic heterocycles. The van der Waals surface area contributed by atoms with E-state index in [-0.39, 0.29) is 40.0 Å². The van der Waals surface area contributed by atoms with E-state index in [9.17, 15) is 0 Å². The van der Waals surface area contributed by atoms with Crippen molar-refractivity contribution in [3.05, 3.63) is 0 Å². The average Bonchev–Trinajstić information content (AvgIpc) is 0.811. The molecule has 0 unspecified atom stereocenters. The molecule has 3 radical (unpaired) electrons. The first kappa shape index (κ1) is 9.64. The van der Waals surface area contributed by atoms with Crippen LogP contribution in [0.25, 0.3) is 0 Å². The molecular weight excluding hydrogens is 178 g/mol. The van der Waals surface area contributed by atoms with Gasteiger partial charge >= 0.3 is 0 Å². The molecule has 0 heterocycles. The fraction of sp³-hybridized carbons (Fsp3) is 1.00. The molecule has 0 rings (SSSR count).